The van der Waals surface area contributed by atoms with E-state index in [1.54, 1.807) is 11.5 Å². The fraction of sp³-hybridized carbons (Fsp3) is 0.812. The Balaban J connectivity index is 2.29. The third-order valence-corrected chi connectivity index (χ3v) is 4.34. The van der Waals surface area contributed by atoms with Gasteiger partial charge in [-0.25, -0.2) is 4.37 Å². The van der Waals surface area contributed by atoms with Gasteiger partial charge in [-0.2, -0.15) is 0 Å². The van der Waals surface area contributed by atoms with Crippen molar-refractivity contribution in [1.29, 1.82) is 0 Å². The molecule has 0 radical (unpaired) electrons. The molecule has 0 N–H and O–H groups in total. The lowest BCUT2D eigenvalue weighted by Gasteiger charge is -2.15. The fourth-order valence-corrected chi connectivity index (χ4v) is 3.15. The van der Waals surface area contributed by atoms with Gasteiger partial charge in [0.25, 0.3) is 0 Å². The average Bonchev–Trinajstić information content (AvgIpc) is 2.91. The lowest BCUT2D eigenvalue weighted by molar-refractivity contribution is 0.497. The Bertz CT molecular complexity index is 257. The summed E-state index contributed by atoms with van der Waals surface area (Å²) in [6, 6.07) is 0. The summed E-state index contributed by atoms with van der Waals surface area (Å²) >= 11 is 1.61. The molecule has 0 unspecified atom stereocenters. The second kappa shape index (κ2) is 10.5. The molecule has 18 heavy (non-hydrogen) atoms. The summed E-state index contributed by atoms with van der Waals surface area (Å²) in [6.45, 7) is 4.57. The molecule has 0 atom stereocenters. The van der Waals surface area contributed by atoms with Crippen molar-refractivity contribution < 1.29 is 0 Å². The molecular weight excluding hydrogens is 238 g/mol. The zero-order chi connectivity index (χ0) is 13.1. The minimum absolute atomic E-state index is 0.775. The summed E-state index contributed by atoms with van der Waals surface area (Å²) in [7, 11) is 0. The van der Waals surface area contributed by atoms with E-state index in [1.165, 1.54) is 69.8 Å². The van der Waals surface area contributed by atoms with Crippen LogP contribution in [0.4, 0.5) is 0 Å². The summed E-state index contributed by atoms with van der Waals surface area (Å²) < 4.78 is 4.27. The van der Waals surface area contributed by atoms with Gasteiger partial charge in [0.1, 0.15) is 0 Å². The number of rotatable bonds is 11. The van der Waals surface area contributed by atoms with Crippen LogP contribution < -0.4 is 0 Å². The lowest BCUT2D eigenvalue weighted by atomic mass is 9.90. The number of hydrogen-bond donors (Lipinski definition) is 0. The van der Waals surface area contributed by atoms with Gasteiger partial charge in [0.05, 0.1) is 0 Å². The van der Waals surface area contributed by atoms with Crippen LogP contribution in [0.2, 0.25) is 0 Å². The maximum absolute atomic E-state index is 4.27. The third kappa shape index (κ3) is 6.53. The summed E-state index contributed by atoms with van der Waals surface area (Å²) in [4.78, 5) is 0. The van der Waals surface area contributed by atoms with Crippen molar-refractivity contribution in [3.05, 3.63) is 17.1 Å². The van der Waals surface area contributed by atoms with Gasteiger partial charge in [-0.05, 0) is 35.9 Å². The summed E-state index contributed by atoms with van der Waals surface area (Å²) in [5.74, 6) is 0.775. The first-order valence-electron chi connectivity index (χ1n) is 7.77. The van der Waals surface area contributed by atoms with Crippen LogP contribution in [0.25, 0.3) is 0 Å². The van der Waals surface area contributed by atoms with Gasteiger partial charge in [0.15, 0.2) is 0 Å². The van der Waals surface area contributed by atoms with Crippen molar-refractivity contribution in [2.75, 3.05) is 0 Å². The van der Waals surface area contributed by atoms with Crippen molar-refractivity contribution in [3.8, 4) is 0 Å². The van der Waals surface area contributed by atoms with E-state index in [0.29, 0.717) is 0 Å². The molecule has 1 rings (SSSR count). The highest BCUT2D eigenvalue weighted by molar-refractivity contribution is 7.03. The molecule has 1 aromatic rings. The molecule has 2 heteroatoms. The zero-order valence-corrected chi connectivity index (χ0v) is 13.0. The van der Waals surface area contributed by atoms with E-state index in [-0.39, 0.29) is 0 Å². The summed E-state index contributed by atoms with van der Waals surface area (Å²) in [6.07, 6.45) is 15.9. The highest BCUT2D eigenvalue weighted by atomic mass is 32.1. The number of nitrogens with zero attached hydrogens (tertiary/aromatic N) is 1. The molecule has 0 aliphatic carbocycles. The smallest absolute Gasteiger partial charge is 0.0441 e. The lowest BCUT2D eigenvalue weighted by Crippen LogP contribution is -1.98. The van der Waals surface area contributed by atoms with E-state index in [2.05, 4.69) is 29.8 Å². The second-order valence-corrected chi connectivity index (χ2v) is 6.01. The number of hydrogen-bond acceptors (Lipinski definition) is 2. The Hall–Kier alpha value is -0.370. The Labute approximate surface area is 117 Å². The molecule has 0 bridgehead atoms. The van der Waals surface area contributed by atoms with E-state index in [1.807, 2.05) is 0 Å². The van der Waals surface area contributed by atoms with Crippen molar-refractivity contribution in [3.63, 3.8) is 0 Å². The molecule has 1 aromatic heterocycles. The quantitative estimate of drug-likeness (QED) is 0.437. The first kappa shape index (κ1) is 15.7. The van der Waals surface area contributed by atoms with Crippen LogP contribution in [-0.4, -0.2) is 4.37 Å². The Morgan fingerprint density at radius 2 is 1.56 bits per heavy atom. The molecule has 104 valence electrons. The Kier molecular flexibility index (Phi) is 9.19. The van der Waals surface area contributed by atoms with Crippen LogP contribution in [-0.2, 0) is 0 Å². The highest BCUT2D eigenvalue weighted by Crippen LogP contribution is 2.29. The number of aromatic nitrogens is 1. The molecule has 0 spiro atoms. The zero-order valence-electron chi connectivity index (χ0n) is 12.2. The minimum atomic E-state index is 0.775. The van der Waals surface area contributed by atoms with Crippen LogP contribution in [0.15, 0.2) is 11.6 Å². The van der Waals surface area contributed by atoms with Gasteiger partial charge in [-0.15, -0.1) is 0 Å². The molecule has 0 saturated carbocycles. The first-order chi connectivity index (χ1) is 8.88. The Morgan fingerprint density at radius 3 is 2.00 bits per heavy atom. The van der Waals surface area contributed by atoms with Gasteiger partial charge < -0.3 is 0 Å². The highest BCUT2D eigenvalue weighted by Gasteiger charge is 2.12. The maximum atomic E-state index is 4.27. The van der Waals surface area contributed by atoms with Crippen molar-refractivity contribution in [2.24, 2.45) is 0 Å². The normalized spacial score (nSPS) is 11.3. The largest absolute Gasteiger partial charge is 0.201 e. The predicted molar refractivity (Wildman–Crippen MR) is 82.4 cm³/mol. The molecule has 1 heterocycles. The van der Waals surface area contributed by atoms with Crippen molar-refractivity contribution >= 4 is 11.5 Å². The monoisotopic (exact) mass is 267 g/mol. The van der Waals surface area contributed by atoms with Crippen LogP contribution in [0.3, 0.4) is 0 Å². The van der Waals surface area contributed by atoms with Crippen LogP contribution >= 0.6 is 11.5 Å². The van der Waals surface area contributed by atoms with Gasteiger partial charge >= 0.3 is 0 Å². The van der Waals surface area contributed by atoms with Crippen LogP contribution in [0, 0.1) is 0 Å². The molecule has 0 aliphatic heterocycles. The van der Waals surface area contributed by atoms with E-state index < -0.39 is 0 Å². The molecule has 0 amide bonds. The third-order valence-electron chi connectivity index (χ3n) is 3.74. The molecule has 0 saturated heterocycles. The van der Waals surface area contributed by atoms with Crippen molar-refractivity contribution in [1.82, 2.24) is 4.37 Å². The Morgan fingerprint density at radius 1 is 0.944 bits per heavy atom. The molecule has 0 aromatic carbocycles. The molecule has 0 fully saturated rings. The molecular formula is C16H29NS. The SMILES string of the molecule is CCCCCCC(CCCCCC)c1cnsc1. The fourth-order valence-electron chi connectivity index (χ4n) is 2.53. The summed E-state index contributed by atoms with van der Waals surface area (Å²) in [5.41, 5.74) is 1.49. The second-order valence-electron chi connectivity index (χ2n) is 5.35. The molecule has 0 aliphatic rings. The molecule has 1 nitrogen and oxygen atoms in total. The van der Waals surface area contributed by atoms with Gasteiger partial charge in [0, 0.05) is 11.6 Å². The minimum Gasteiger partial charge on any atom is -0.201 e. The summed E-state index contributed by atoms with van der Waals surface area (Å²) in [5, 5.41) is 2.25. The van der Waals surface area contributed by atoms with E-state index in [0.717, 1.165) is 5.92 Å². The topological polar surface area (TPSA) is 12.9 Å². The van der Waals surface area contributed by atoms with Gasteiger partial charge in [-0.1, -0.05) is 65.2 Å². The standard InChI is InChI=1S/C16H29NS/c1-3-5-7-9-11-15(12-10-8-6-4-2)16-13-17-18-14-16/h13-15H,3-12H2,1-2H3. The maximum Gasteiger partial charge on any atom is 0.0441 e. The van der Waals surface area contributed by atoms with E-state index in [9.17, 15) is 0 Å². The first-order valence-corrected chi connectivity index (χ1v) is 8.61. The van der Waals surface area contributed by atoms with Crippen LogP contribution in [0.5, 0.6) is 0 Å². The number of unbranched alkanes of at least 4 members (excludes halogenated alkanes) is 6. The van der Waals surface area contributed by atoms with E-state index >= 15 is 0 Å². The van der Waals surface area contributed by atoms with Gasteiger partial charge in [-0.3, -0.25) is 0 Å². The van der Waals surface area contributed by atoms with E-state index in [4.69, 9.17) is 0 Å². The van der Waals surface area contributed by atoms with Crippen LogP contribution in [0.1, 0.15) is 89.5 Å². The average molecular weight is 267 g/mol. The predicted octanol–water partition coefficient (Wildman–Crippen LogP) is 6.17. The van der Waals surface area contributed by atoms with Gasteiger partial charge in [0.2, 0.25) is 0 Å². The van der Waals surface area contributed by atoms with Crippen molar-refractivity contribution in [2.45, 2.75) is 84.0 Å².